The van der Waals surface area contributed by atoms with E-state index in [0.717, 1.165) is 33.9 Å². The van der Waals surface area contributed by atoms with Gasteiger partial charge in [0.1, 0.15) is 0 Å². The van der Waals surface area contributed by atoms with E-state index in [1.54, 1.807) is 0 Å². The van der Waals surface area contributed by atoms with Crippen molar-refractivity contribution in [2.45, 2.75) is 46.6 Å². The summed E-state index contributed by atoms with van der Waals surface area (Å²) < 4.78 is 2.50. The van der Waals surface area contributed by atoms with E-state index >= 15 is 0 Å². The number of hydrogen-bond donors (Lipinski definition) is 0. The summed E-state index contributed by atoms with van der Waals surface area (Å²) >= 11 is 0. The minimum absolute atomic E-state index is 0.0690. The van der Waals surface area contributed by atoms with Gasteiger partial charge in [-0.3, -0.25) is 0 Å². The lowest BCUT2D eigenvalue weighted by molar-refractivity contribution is 0.687. The molecule has 0 amide bonds. The zero-order chi connectivity index (χ0) is 48.2. The van der Waals surface area contributed by atoms with Crippen LogP contribution in [0.3, 0.4) is 0 Å². The minimum Gasteiger partial charge on any atom is -0.332 e. The molecule has 3 nitrogen and oxygen atoms in total. The molecule has 2 heterocycles. The molecule has 70 heavy (non-hydrogen) atoms. The van der Waals surface area contributed by atoms with Gasteiger partial charge < -0.3 is 14.4 Å². The van der Waals surface area contributed by atoms with E-state index in [0.29, 0.717) is 0 Å². The Kier molecular flexibility index (Phi) is 14.8. The first-order chi connectivity index (χ1) is 34.6. The Labute approximate surface area is 415 Å². The van der Waals surface area contributed by atoms with Gasteiger partial charge in [0, 0.05) is 39.4 Å². The third kappa shape index (κ3) is 9.52. The summed E-state index contributed by atoms with van der Waals surface area (Å²) in [6.07, 6.45) is 25.6. The van der Waals surface area contributed by atoms with Gasteiger partial charge in [0.05, 0.1) is 28.5 Å². The van der Waals surface area contributed by atoms with Gasteiger partial charge in [-0.25, -0.2) is 0 Å². The second-order valence-corrected chi connectivity index (χ2v) is 17.1. The van der Waals surface area contributed by atoms with Crippen molar-refractivity contribution in [2.75, 3.05) is 9.80 Å². The molecule has 3 heteroatoms. The van der Waals surface area contributed by atoms with E-state index in [1.165, 1.54) is 55.4 Å². The fraction of sp³-hybridized carbons (Fsp3) is 0.104. The number of aromatic nitrogens is 1. The quantitative estimate of drug-likeness (QED) is 0.106. The lowest BCUT2D eigenvalue weighted by Crippen LogP contribution is -2.37. The van der Waals surface area contributed by atoms with Crippen LogP contribution in [0.25, 0.3) is 55.8 Å². The van der Waals surface area contributed by atoms with Crippen LogP contribution in [0.4, 0.5) is 28.4 Å². The van der Waals surface area contributed by atoms with Crippen molar-refractivity contribution < 1.29 is 0 Å². The van der Waals surface area contributed by atoms with Crippen LogP contribution in [0.2, 0.25) is 0 Å². The molecule has 0 radical (unpaired) electrons. The smallest absolute Gasteiger partial charge is 0.0699 e. The van der Waals surface area contributed by atoms with Crippen LogP contribution in [0.1, 0.15) is 51.7 Å². The predicted molar refractivity (Wildman–Crippen MR) is 305 cm³/mol. The fourth-order valence-corrected chi connectivity index (χ4v) is 9.68. The molecule has 2 atom stereocenters. The molecule has 0 saturated carbocycles. The van der Waals surface area contributed by atoms with Crippen molar-refractivity contribution in [3.8, 4) is 27.9 Å². The lowest BCUT2D eigenvalue weighted by atomic mass is 9.84. The zero-order valence-electron chi connectivity index (χ0n) is 40.9. The monoisotopic (exact) mass is 907 g/mol. The van der Waals surface area contributed by atoms with Gasteiger partial charge in [-0.15, -0.1) is 0 Å². The summed E-state index contributed by atoms with van der Waals surface area (Å²) in [4.78, 5) is 4.90. The highest BCUT2D eigenvalue weighted by atomic mass is 15.2. The van der Waals surface area contributed by atoms with Gasteiger partial charge in [-0.1, -0.05) is 214 Å². The van der Waals surface area contributed by atoms with Crippen molar-refractivity contribution in [3.63, 3.8) is 0 Å². The van der Waals surface area contributed by atoms with Crippen LogP contribution in [0, 0.1) is 0 Å². The third-order valence-corrected chi connectivity index (χ3v) is 13.0. The first-order valence-electron chi connectivity index (χ1n) is 24.7. The normalized spacial score (nSPS) is 14.8. The summed E-state index contributed by atoms with van der Waals surface area (Å²) in [5.74, 6) is 0.144. The predicted octanol–water partition coefficient (Wildman–Crippen LogP) is 19.1. The summed E-state index contributed by atoms with van der Waals surface area (Å²) in [5.41, 5.74) is 16.5. The largest absolute Gasteiger partial charge is 0.332 e. The number of fused-ring (bicyclic) bond motifs is 7. The summed E-state index contributed by atoms with van der Waals surface area (Å²) in [6, 6.07) is 71.1. The minimum atomic E-state index is 0.0690. The average Bonchev–Trinajstić information content (AvgIpc) is 3.77. The number of allylic oxidation sites excluding steroid dienone is 9. The average molecular weight is 908 g/mol. The van der Waals surface area contributed by atoms with E-state index < -0.39 is 0 Å². The Balaban J connectivity index is 0.000000967. The molecule has 8 aromatic carbocycles. The second kappa shape index (κ2) is 22.1. The Bertz CT molecular complexity index is 3360. The van der Waals surface area contributed by atoms with Crippen molar-refractivity contribution in [3.05, 3.63) is 272 Å². The molecule has 1 aliphatic heterocycles. The Morgan fingerprint density at radius 3 is 1.70 bits per heavy atom. The maximum absolute atomic E-state index is 2.56. The standard InChI is InChI=1S/C61H47N3.C4H8.C2H6/c1-2-3-4-5-7-18-44-31-37-49(38-32-44)62(50-39-33-46(34-40-50)45-19-8-6-9-20-45)51-41-35-47(36-42-51)48-21-16-22-52(43-48)63-57-27-12-10-23-53(57)55-25-17-26-56-54-24-11-13-28-58(54)64(61(55)56)60-30-15-14-29-59(60)63;1-3-4-2;1-2/h2-43,53,57H,1H3;3-4H,1-2H3;1-2H3/b3-2-,5-4-,18-7+;4-3-;. The molecule has 11 rings (SSSR count). The van der Waals surface area contributed by atoms with Crippen molar-refractivity contribution in [1.82, 2.24) is 4.57 Å². The molecular formula is C67H61N3. The molecular weight excluding hydrogens is 847 g/mol. The highest BCUT2D eigenvalue weighted by Gasteiger charge is 2.34. The number of benzene rings is 8. The van der Waals surface area contributed by atoms with Crippen LogP contribution in [0.15, 0.2) is 261 Å². The van der Waals surface area contributed by atoms with E-state index in [1.807, 2.05) is 65.0 Å². The fourth-order valence-electron chi connectivity index (χ4n) is 9.68. The van der Waals surface area contributed by atoms with Crippen molar-refractivity contribution >= 4 is 56.3 Å². The molecule has 2 aliphatic rings. The SMILES string of the molecule is C/C=C\C.CC.C\C=C/C=C\C=C\c1ccc(N(c2ccc(-c3ccccc3)cc2)c2ccc(-c3cccc(N4c5ccccc5-n5c6ccccc6c6cccc(c65)C5C=CC=CC54)c3)cc2)cc1. The van der Waals surface area contributed by atoms with E-state index in [-0.39, 0.29) is 12.0 Å². The Morgan fingerprint density at radius 2 is 1.00 bits per heavy atom. The molecule has 2 unspecified atom stereocenters. The molecule has 0 fully saturated rings. The van der Waals surface area contributed by atoms with Crippen LogP contribution in [-0.2, 0) is 0 Å². The highest BCUT2D eigenvalue weighted by Crippen LogP contribution is 2.48. The molecule has 9 aromatic rings. The van der Waals surface area contributed by atoms with Gasteiger partial charge >= 0.3 is 0 Å². The van der Waals surface area contributed by atoms with Gasteiger partial charge in [0.2, 0.25) is 0 Å². The van der Waals surface area contributed by atoms with E-state index in [9.17, 15) is 0 Å². The van der Waals surface area contributed by atoms with Crippen molar-refractivity contribution in [2.24, 2.45) is 0 Å². The summed E-state index contributed by atoms with van der Waals surface area (Å²) in [7, 11) is 0. The first-order valence-corrected chi connectivity index (χ1v) is 24.7. The molecule has 0 spiro atoms. The molecule has 344 valence electrons. The van der Waals surface area contributed by atoms with Gasteiger partial charge in [0.25, 0.3) is 0 Å². The van der Waals surface area contributed by atoms with Crippen LogP contribution in [0.5, 0.6) is 0 Å². The Morgan fingerprint density at radius 1 is 0.443 bits per heavy atom. The van der Waals surface area contributed by atoms with Crippen LogP contribution < -0.4 is 9.80 Å². The van der Waals surface area contributed by atoms with Gasteiger partial charge in [-0.05, 0) is 121 Å². The zero-order valence-corrected chi connectivity index (χ0v) is 40.9. The molecule has 0 saturated heterocycles. The van der Waals surface area contributed by atoms with Crippen molar-refractivity contribution in [1.29, 1.82) is 0 Å². The molecule has 1 aliphatic carbocycles. The molecule has 1 aromatic heterocycles. The molecule has 0 bridgehead atoms. The van der Waals surface area contributed by atoms with Gasteiger partial charge in [-0.2, -0.15) is 0 Å². The van der Waals surface area contributed by atoms with E-state index in [2.05, 4.69) is 251 Å². The van der Waals surface area contributed by atoms with E-state index in [4.69, 9.17) is 0 Å². The third-order valence-electron chi connectivity index (χ3n) is 13.0. The number of anilines is 5. The maximum atomic E-state index is 2.56. The summed E-state index contributed by atoms with van der Waals surface area (Å²) in [5, 5.41) is 2.57. The number of rotatable bonds is 9. The van der Waals surface area contributed by atoms with Gasteiger partial charge in [0.15, 0.2) is 0 Å². The number of para-hydroxylation sites is 4. The topological polar surface area (TPSA) is 11.4 Å². The van der Waals surface area contributed by atoms with Crippen LogP contribution in [-0.4, -0.2) is 10.6 Å². The lowest BCUT2D eigenvalue weighted by Gasteiger charge is -2.40. The highest BCUT2D eigenvalue weighted by molar-refractivity contribution is 6.11. The second-order valence-electron chi connectivity index (χ2n) is 17.1. The Hall–Kier alpha value is -8.40. The molecule has 0 N–H and O–H groups in total. The first kappa shape index (κ1) is 46.7. The maximum Gasteiger partial charge on any atom is 0.0699 e. The number of nitrogens with zero attached hydrogens (tertiary/aromatic N) is 3. The summed E-state index contributed by atoms with van der Waals surface area (Å²) in [6.45, 7) is 10.0. The number of hydrogen-bond acceptors (Lipinski definition) is 2. The van der Waals surface area contributed by atoms with Crippen LogP contribution >= 0.6 is 0 Å².